The standard InChI is InChI=1S/C18H17Cl2N3O5S/c1-10-3-4-13(11(19)5-10)21-17(24)8-23(2)29(26,27)16-7-15-14(6-12(16)20)22-18(25)9-28-15/h3-7H,8-9H2,1-2H3,(H,21,24)(H,22,25). The number of sulfonamides is 1. The number of nitrogens with zero attached hydrogens (tertiary/aromatic N) is 1. The zero-order valence-electron chi connectivity index (χ0n) is 15.5. The van der Waals surface area contributed by atoms with Crippen LogP contribution in [-0.4, -0.2) is 44.7 Å². The maximum atomic E-state index is 12.9. The van der Waals surface area contributed by atoms with Crippen molar-refractivity contribution in [3.63, 3.8) is 0 Å². The molecule has 0 unspecified atom stereocenters. The van der Waals surface area contributed by atoms with Crippen molar-refractivity contribution in [1.29, 1.82) is 0 Å². The Morgan fingerprint density at radius 1 is 1.24 bits per heavy atom. The molecular formula is C18H17Cl2N3O5S. The van der Waals surface area contributed by atoms with Gasteiger partial charge in [0.15, 0.2) is 6.61 Å². The first-order chi connectivity index (χ1) is 13.6. The Hall–Kier alpha value is -2.33. The highest BCUT2D eigenvalue weighted by molar-refractivity contribution is 7.89. The van der Waals surface area contributed by atoms with E-state index in [2.05, 4.69) is 10.6 Å². The summed E-state index contributed by atoms with van der Waals surface area (Å²) in [7, 11) is -2.85. The van der Waals surface area contributed by atoms with Crippen LogP contribution in [-0.2, 0) is 19.6 Å². The number of aryl methyl sites for hydroxylation is 1. The number of likely N-dealkylation sites (N-methyl/N-ethyl adjacent to an activating group) is 1. The lowest BCUT2D eigenvalue weighted by molar-refractivity contribution is -0.118. The average molecular weight is 458 g/mol. The van der Waals surface area contributed by atoms with Gasteiger partial charge in [0.2, 0.25) is 15.9 Å². The number of hydrogen-bond acceptors (Lipinski definition) is 5. The quantitative estimate of drug-likeness (QED) is 0.717. The van der Waals surface area contributed by atoms with Gasteiger partial charge in [-0.25, -0.2) is 8.42 Å². The van der Waals surface area contributed by atoms with E-state index < -0.39 is 22.5 Å². The summed E-state index contributed by atoms with van der Waals surface area (Å²) in [6.45, 7) is 1.16. The van der Waals surface area contributed by atoms with E-state index in [1.807, 2.05) is 6.92 Å². The smallest absolute Gasteiger partial charge is 0.262 e. The average Bonchev–Trinajstić information content (AvgIpc) is 2.63. The second-order valence-corrected chi connectivity index (χ2v) is 9.24. The summed E-state index contributed by atoms with van der Waals surface area (Å²) in [4.78, 5) is 23.5. The fraction of sp³-hybridized carbons (Fsp3) is 0.222. The Morgan fingerprint density at radius 2 is 1.97 bits per heavy atom. The molecule has 0 saturated heterocycles. The molecule has 2 aromatic rings. The van der Waals surface area contributed by atoms with Crippen LogP contribution < -0.4 is 15.4 Å². The number of amides is 2. The van der Waals surface area contributed by atoms with E-state index in [0.717, 1.165) is 9.87 Å². The Morgan fingerprint density at radius 3 is 2.66 bits per heavy atom. The molecule has 3 rings (SSSR count). The normalized spacial score (nSPS) is 13.5. The van der Waals surface area contributed by atoms with Crippen molar-refractivity contribution >= 4 is 56.4 Å². The number of anilines is 2. The molecule has 0 aromatic heterocycles. The number of hydrogen-bond donors (Lipinski definition) is 2. The first-order valence-electron chi connectivity index (χ1n) is 8.36. The molecule has 2 aromatic carbocycles. The van der Waals surface area contributed by atoms with Gasteiger partial charge in [0, 0.05) is 13.1 Å². The molecule has 2 amide bonds. The van der Waals surface area contributed by atoms with Gasteiger partial charge in [-0.3, -0.25) is 9.59 Å². The van der Waals surface area contributed by atoms with Gasteiger partial charge in [0.1, 0.15) is 10.6 Å². The van der Waals surface area contributed by atoms with E-state index in [0.29, 0.717) is 10.7 Å². The maximum absolute atomic E-state index is 12.9. The molecule has 2 N–H and O–H groups in total. The van der Waals surface area contributed by atoms with E-state index in [9.17, 15) is 18.0 Å². The SMILES string of the molecule is Cc1ccc(NC(=O)CN(C)S(=O)(=O)c2cc3c(cc2Cl)NC(=O)CO3)c(Cl)c1. The second-order valence-electron chi connectivity index (χ2n) is 6.41. The van der Waals surface area contributed by atoms with Gasteiger partial charge < -0.3 is 15.4 Å². The molecule has 0 atom stereocenters. The van der Waals surface area contributed by atoms with Gasteiger partial charge in [-0.05, 0) is 30.7 Å². The summed E-state index contributed by atoms with van der Waals surface area (Å²) in [5.74, 6) is -0.760. The molecule has 0 spiro atoms. The van der Waals surface area contributed by atoms with Gasteiger partial charge in [0.05, 0.1) is 28.0 Å². The van der Waals surface area contributed by atoms with Crippen molar-refractivity contribution in [2.45, 2.75) is 11.8 Å². The molecular weight excluding hydrogens is 441 g/mol. The summed E-state index contributed by atoms with van der Waals surface area (Å²) >= 11 is 12.2. The molecule has 1 heterocycles. The third kappa shape index (κ3) is 4.64. The number of carbonyl (C=O) groups excluding carboxylic acids is 2. The predicted molar refractivity (Wildman–Crippen MR) is 110 cm³/mol. The van der Waals surface area contributed by atoms with Crippen molar-refractivity contribution < 1.29 is 22.7 Å². The minimum Gasteiger partial charge on any atom is -0.482 e. The third-order valence-corrected chi connectivity index (χ3v) is 6.70. The van der Waals surface area contributed by atoms with E-state index >= 15 is 0 Å². The zero-order chi connectivity index (χ0) is 21.3. The van der Waals surface area contributed by atoms with Crippen LogP contribution in [0.5, 0.6) is 5.75 Å². The van der Waals surface area contributed by atoms with Crippen molar-refractivity contribution in [2.24, 2.45) is 0 Å². The van der Waals surface area contributed by atoms with Crippen LogP contribution in [0.3, 0.4) is 0 Å². The zero-order valence-corrected chi connectivity index (χ0v) is 17.8. The molecule has 0 fully saturated rings. The number of benzene rings is 2. The van der Waals surface area contributed by atoms with Crippen LogP contribution in [0.25, 0.3) is 0 Å². The van der Waals surface area contributed by atoms with Crippen molar-refractivity contribution in [3.8, 4) is 5.75 Å². The van der Waals surface area contributed by atoms with Gasteiger partial charge in [-0.1, -0.05) is 29.3 Å². The number of nitrogens with one attached hydrogen (secondary N) is 2. The van der Waals surface area contributed by atoms with Crippen LogP contribution >= 0.6 is 23.2 Å². The highest BCUT2D eigenvalue weighted by Gasteiger charge is 2.29. The highest BCUT2D eigenvalue weighted by Crippen LogP contribution is 2.36. The molecule has 29 heavy (non-hydrogen) atoms. The number of rotatable bonds is 5. The molecule has 1 aliphatic rings. The minimum absolute atomic E-state index is 0.108. The lowest BCUT2D eigenvalue weighted by atomic mass is 10.2. The second kappa shape index (κ2) is 8.19. The molecule has 0 radical (unpaired) electrons. The van der Waals surface area contributed by atoms with Gasteiger partial charge in [-0.2, -0.15) is 4.31 Å². The first kappa shape index (κ1) is 21.4. The van der Waals surface area contributed by atoms with E-state index in [1.165, 1.54) is 19.2 Å². The van der Waals surface area contributed by atoms with Gasteiger partial charge in [0.25, 0.3) is 5.91 Å². The molecule has 0 saturated carbocycles. The number of halogens is 2. The largest absolute Gasteiger partial charge is 0.482 e. The molecule has 8 nitrogen and oxygen atoms in total. The molecule has 11 heteroatoms. The third-order valence-electron chi connectivity index (χ3n) is 4.12. The molecule has 154 valence electrons. The number of ether oxygens (including phenoxy) is 1. The summed E-state index contributed by atoms with van der Waals surface area (Å²) in [6, 6.07) is 7.60. The van der Waals surface area contributed by atoms with Crippen LogP contribution in [0, 0.1) is 6.92 Å². The van der Waals surface area contributed by atoms with Crippen LogP contribution in [0.15, 0.2) is 35.2 Å². The summed E-state index contributed by atoms with van der Waals surface area (Å²) < 4.78 is 31.9. The Labute approximate surface area is 177 Å². The Kier molecular flexibility index (Phi) is 6.04. The van der Waals surface area contributed by atoms with E-state index in [1.54, 1.807) is 18.2 Å². The molecule has 1 aliphatic heterocycles. The topological polar surface area (TPSA) is 105 Å². The fourth-order valence-corrected chi connectivity index (χ4v) is 4.57. The molecule has 0 bridgehead atoms. The predicted octanol–water partition coefficient (Wildman–Crippen LogP) is 2.89. The highest BCUT2D eigenvalue weighted by atomic mass is 35.5. The van der Waals surface area contributed by atoms with Gasteiger partial charge in [-0.15, -0.1) is 0 Å². The maximum Gasteiger partial charge on any atom is 0.262 e. The Balaban J connectivity index is 1.78. The lowest BCUT2D eigenvalue weighted by Gasteiger charge is -2.22. The van der Waals surface area contributed by atoms with Crippen LogP contribution in [0.4, 0.5) is 11.4 Å². The monoisotopic (exact) mass is 457 g/mol. The number of carbonyl (C=O) groups is 2. The first-order valence-corrected chi connectivity index (χ1v) is 10.6. The summed E-state index contributed by atoms with van der Waals surface area (Å²) in [5, 5.41) is 5.36. The minimum atomic E-state index is -4.11. The van der Waals surface area contributed by atoms with Crippen molar-refractivity contribution in [3.05, 3.63) is 45.9 Å². The summed E-state index contributed by atoms with van der Waals surface area (Å²) in [5.41, 5.74) is 1.58. The van der Waals surface area contributed by atoms with Gasteiger partial charge >= 0.3 is 0 Å². The number of fused-ring (bicyclic) bond motifs is 1. The van der Waals surface area contributed by atoms with E-state index in [4.69, 9.17) is 27.9 Å². The Bertz CT molecular complexity index is 1100. The summed E-state index contributed by atoms with van der Waals surface area (Å²) in [6.07, 6.45) is 0. The molecule has 0 aliphatic carbocycles. The van der Waals surface area contributed by atoms with Crippen LogP contribution in [0.2, 0.25) is 10.0 Å². The van der Waals surface area contributed by atoms with Crippen molar-refractivity contribution in [1.82, 2.24) is 4.31 Å². The van der Waals surface area contributed by atoms with Crippen LogP contribution in [0.1, 0.15) is 5.56 Å². The van der Waals surface area contributed by atoms with E-state index in [-0.39, 0.29) is 33.9 Å². The lowest BCUT2D eigenvalue weighted by Crippen LogP contribution is -2.35. The fourth-order valence-electron chi connectivity index (χ4n) is 2.65. The van der Waals surface area contributed by atoms with Crippen molar-refractivity contribution in [2.75, 3.05) is 30.8 Å².